The summed E-state index contributed by atoms with van der Waals surface area (Å²) in [5.74, 6) is 0.915. The van der Waals surface area contributed by atoms with E-state index in [1.807, 2.05) is 6.92 Å². The Kier molecular flexibility index (Phi) is 4.30. The number of aliphatic hydroxyl groups is 1. The van der Waals surface area contributed by atoms with Crippen LogP contribution in [-0.2, 0) is 0 Å². The molecule has 1 saturated carbocycles. The third-order valence-electron chi connectivity index (χ3n) is 5.24. The van der Waals surface area contributed by atoms with Crippen LogP contribution in [0, 0.1) is 5.92 Å². The summed E-state index contributed by atoms with van der Waals surface area (Å²) in [6, 6.07) is 9.39. The van der Waals surface area contributed by atoms with Gasteiger partial charge in [0.15, 0.2) is 0 Å². The van der Waals surface area contributed by atoms with Crippen molar-refractivity contribution in [2.75, 3.05) is 11.4 Å². The van der Waals surface area contributed by atoms with Gasteiger partial charge in [-0.05, 0) is 55.7 Å². The molecule has 2 atom stereocenters. The zero-order valence-electron chi connectivity index (χ0n) is 12.6. The van der Waals surface area contributed by atoms with Crippen LogP contribution in [-0.4, -0.2) is 17.7 Å². The van der Waals surface area contributed by atoms with Gasteiger partial charge in [0.1, 0.15) is 0 Å². The zero-order chi connectivity index (χ0) is 13.9. The quantitative estimate of drug-likeness (QED) is 0.884. The lowest BCUT2D eigenvalue weighted by molar-refractivity contribution is 0.173. The van der Waals surface area contributed by atoms with Crippen LogP contribution in [0.5, 0.6) is 0 Å². The van der Waals surface area contributed by atoms with Crippen molar-refractivity contribution in [3.05, 3.63) is 29.8 Å². The van der Waals surface area contributed by atoms with Crippen LogP contribution in [0.4, 0.5) is 5.69 Å². The van der Waals surface area contributed by atoms with E-state index in [2.05, 4.69) is 29.2 Å². The molecular weight excluding hydrogens is 246 g/mol. The second kappa shape index (κ2) is 6.17. The van der Waals surface area contributed by atoms with E-state index in [1.165, 1.54) is 50.8 Å². The van der Waals surface area contributed by atoms with Gasteiger partial charge >= 0.3 is 0 Å². The van der Waals surface area contributed by atoms with Crippen molar-refractivity contribution in [2.45, 2.75) is 64.0 Å². The second-order valence-electron chi connectivity index (χ2n) is 6.46. The average molecular weight is 273 g/mol. The first kappa shape index (κ1) is 13.9. The van der Waals surface area contributed by atoms with E-state index in [9.17, 15) is 5.11 Å². The molecule has 1 aliphatic heterocycles. The third kappa shape index (κ3) is 2.71. The summed E-state index contributed by atoms with van der Waals surface area (Å²) in [6.45, 7) is 3.23. The molecule has 1 aromatic carbocycles. The molecule has 2 fully saturated rings. The number of anilines is 1. The van der Waals surface area contributed by atoms with Gasteiger partial charge in [0.25, 0.3) is 0 Å². The van der Waals surface area contributed by atoms with Crippen LogP contribution in [0.3, 0.4) is 0 Å². The molecule has 3 rings (SSSR count). The van der Waals surface area contributed by atoms with E-state index in [-0.39, 0.29) is 6.10 Å². The fraction of sp³-hybridized carbons (Fsp3) is 0.667. The predicted molar refractivity (Wildman–Crippen MR) is 84.0 cm³/mol. The Morgan fingerprint density at radius 3 is 2.45 bits per heavy atom. The van der Waals surface area contributed by atoms with Crippen LogP contribution >= 0.6 is 0 Å². The zero-order valence-corrected chi connectivity index (χ0v) is 12.6. The number of hydrogen-bond donors (Lipinski definition) is 1. The molecule has 0 amide bonds. The highest BCUT2D eigenvalue weighted by Crippen LogP contribution is 2.38. The largest absolute Gasteiger partial charge is 0.388 e. The van der Waals surface area contributed by atoms with Crippen molar-refractivity contribution < 1.29 is 5.11 Å². The first-order valence-corrected chi connectivity index (χ1v) is 8.34. The molecule has 2 aliphatic rings. The third-order valence-corrected chi connectivity index (χ3v) is 5.24. The summed E-state index contributed by atoms with van der Waals surface area (Å²) in [4.78, 5) is 2.62. The maximum Gasteiger partial charge on any atom is 0.0787 e. The number of hydrogen-bond acceptors (Lipinski definition) is 2. The molecule has 0 bridgehead atoms. The Bertz CT molecular complexity index is 422. The first-order chi connectivity index (χ1) is 9.79. The van der Waals surface area contributed by atoms with Crippen molar-refractivity contribution >= 4 is 5.69 Å². The number of rotatable bonds is 4. The minimum Gasteiger partial charge on any atom is -0.388 e. The number of benzene rings is 1. The molecule has 0 aromatic heterocycles. The van der Waals surface area contributed by atoms with Crippen LogP contribution in [0.1, 0.15) is 63.5 Å². The summed E-state index contributed by atoms with van der Waals surface area (Å²) in [6.07, 6.45) is 8.88. The summed E-state index contributed by atoms with van der Waals surface area (Å²) in [5, 5.41) is 9.90. The molecular formula is C18H27NO. The average Bonchev–Trinajstić information content (AvgIpc) is 3.16. The predicted octanol–water partition coefficient (Wildman–Crippen LogP) is 4.29. The maximum atomic E-state index is 9.90. The molecule has 1 aromatic rings. The standard InChI is InChI=1S/C18H27NO/c1-2-18(20)15-9-11-16(12-10-15)19-13-5-8-17(19)14-6-3-4-7-14/h9-12,14,17-18,20H,2-8,13H2,1H3. The van der Waals surface area contributed by atoms with Crippen LogP contribution in [0.2, 0.25) is 0 Å². The minimum atomic E-state index is -0.312. The van der Waals surface area contributed by atoms with E-state index in [4.69, 9.17) is 0 Å². The molecule has 0 radical (unpaired) electrons. The smallest absolute Gasteiger partial charge is 0.0787 e. The molecule has 20 heavy (non-hydrogen) atoms. The fourth-order valence-electron chi connectivity index (χ4n) is 4.07. The fourth-order valence-corrected chi connectivity index (χ4v) is 4.07. The lowest BCUT2D eigenvalue weighted by Crippen LogP contribution is -2.34. The molecule has 1 N–H and O–H groups in total. The summed E-state index contributed by atoms with van der Waals surface area (Å²) >= 11 is 0. The summed E-state index contributed by atoms with van der Waals surface area (Å²) in [5.41, 5.74) is 2.40. The highest BCUT2D eigenvalue weighted by atomic mass is 16.3. The van der Waals surface area contributed by atoms with Crippen LogP contribution < -0.4 is 4.90 Å². The van der Waals surface area contributed by atoms with E-state index >= 15 is 0 Å². The van der Waals surface area contributed by atoms with E-state index in [0.29, 0.717) is 0 Å². The Morgan fingerprint density at radius 2 is 1.80 bits per heavy atom. The number of nitrogens with zero attached hydrogens (tertiary/aromatic N) is 1. The molecule has 1 aliphatic carbocycles. The Morgan fingerprint density at radius 1 is 1.10 bits per heavy atom. The summed E-state index contributed by atoms with van der Waals surface area (Å²) in [7, 11) is 0. The van der Waals surface area contributed by atoms with Crippen molar-refractivity contribution in [2.24, 2.45) is 5.92 Å². The van der Waals surface area contributed by atoms with E-state index < -0.39 is 0 Å². The van der Waals surface area contributed by atoms with Crippen molar-refractivity contribution in [1.82, 2.24) is 0 Å². The van der Waals surface area contributed by atoms with Gasteiger partial charge in [-0.1, -0.05) is 31.9 Å². The van der Waals surface area contributed by atoms with Crippen molar-refractivity contribution in [3.63, 3.8) is 0 Å². The van der Waals surface area contributed by atoms with Crippen molar-refractivity contribution in [3.8, 4) is 0 Å². The number of aliphatic hydroxyl groups excluding tert-OH is 1. The monoisotopic (exact) mass is 273 g/mol. The normalized spacial score (nSPS) is 25.3. The van der Waals surface area contributed by atoms with Gasteiger partial charge in [0.05, 0.1) is 6.10 Å². The Hall–Kier alpha value is -1.02. The highest BCUT2D eigenvalue weighted by Gasteiger charge is 2.33. The Labute approximate surface area is 122 Å². The van der Waals surface area contributed by atoms with E-state index in [1.54, 1.807) is 0 Å². The summed E-state index contributed by atoms with van der Waals surface area (Å²) < 4.78 is 0. The molecule has 2 unspecified atom stereocenters. The lowest BCUT2D eigenvalue weighted by Gasteiger charge is -2.31. The SMILES string of the molecule is CCC(O)c1ccc(N2CCCC2C2CCCC2)cc1. The molecule has 110 valence electrons. The van der Waals surface area contributed by atoms with Gasteiger partial charge in [-0.2, -0.15) is 0 Å². The lowest BCUT2D eigenvalue weighted by atomic mass is 9.95. The van der Waals surface area contributed by atoms with Gasteiger partial charge in [-0.25, -0.2) is 0 Å². The topological polar surface area (TPSA) is 23.5 Å². The minimum absolute atomic E-state index is 0.312. The molecule has 0 spiro atoms. The second-order valence-corrected chi connectivity index (χ2v) is 6.46. The van der Waals surface area contributed by atoms with Crippen LogP contribution in [0.25, 0.3) is 0 Å². The van der Waals surface area contributed by atoms with Gasteiger partial charge in [-0.15, -0.1) is 0 Å². The van der Waals surface area contributed by atoms with Gasteiger partial charge in [0, 0.05) is 18.3 Å². The molecule has 1 heterocycles. The van der Waals surface area contributed by atoms with Crippen molar-refractivity contribution in [1.29, 1.82) is 0 Å². The van der Waals surface area contributed by atoms with Gasteiger partial charge < -0.3 is 10.0 Å². The molecule has 1 saturated heterocycles. The van der Waals surface area contributed by atoms with Gasteiger partial charge in [-0.3, -0.25) is 0 Å². The molecule has 2 nitrogen and oxygen atoms in total. The maximum absolute atomic E-state index is 9.90. The molecule has 2 heteroatoms. The Balaban J connectivity index is 1.74. The van der Waals surface area contributed by atoms with Gasteiger partial charge in [0.2, 0.25) is 0 Å². The van der Waals surface area contributed by atoms with Crippen LogP contribution in [0.15, 0.2) is 24.3 Å². The highest BCUT2D eigenvalue weighted by molar-refractivity contribution is 5.50. The van der Waals surface area contributed by atoms with E-state index in [0.717, 1.165) is 23.9 Å². The first-order valence-electron chi connectivity index (χ1n) is 8.34.